The zero-order valence-electron chi connectivity index (χ0n) is 8.85. The third-order valence-corrected chi connectivity index (χ3v) is 2.99. The van der Waals surface area contributed by atoms with Crippen LogP contribution in [0.5, 0.6) is 0 Å². The zero-order chi connectivity index (χ0) is 10.8. The van der Waals surface area contributed by atoms with E-state index in [1.54, 1.807) is 6.20 Å². The molecule has 4 nitrogen and oxygen atoms in total. The van der Waals surface area contributed by atoms with Crippen molar-refractivity contribution in [2.24, 2.45) is 0 Å². The predicted molar refractivity (Wildman–Crippen MR) is 59.3 cm³/mol. The second kappa shape index (κ2) is 4.33. The van der Waals surface area contributed by atoms with Crippen molar-refractivity contribution in [1.29, 1.82) is 0 Å². The fraction of sp³-hybridized carbons (Fsp3) is 0.600. The lowest BCUT2D eigenvalue weighted by Gasteiger charge is -2.27. The fourth-order valence-electron chi connectivity index (χ4n) is 1.92. The Bertz CT molecular complexity index is 347. The molecule has 2 unspecified atom stereocenters. The standard InChI is InChI=1S/C10H14ClN3O/c1-7-8(4-6-15-7)14(2)9-3-5-12-10(11)13-9/h3,5,7-8H,4,6H2,1-2H3. The van der Waals surface area contributed by atoms with Crippen molar-refractivity contribution in [2.75, 3.05) is 18.6 Å². The molecule has 0 aromatic carbocycles. The van der Waals surface area contributed by atoms with Crippen molar-refractivity contribution in [1.82, 2.24) is 9.97 Å². The van der Waals surface area contributed by atoms with E-state index in [1.165, 1.54) is 0 Å². The minimum atomic E-state index is 0.240. The first-order valence-corrected chi connectivity index (χ1v) is 5.39. The maximum absolute atomic E-state index is 5.75. The van der Waals surface area contributed by atoms with Gasteiger partial charge < -0.3 is 9.64 Å². The largest absolute Gasteiger partial charge is 0.376 e. The summed E-state index contributed by atoms with van der Waals surface area (Å²) in [6, 6.07) is 2.23. The molecule has 15 heavy (non-hydrogen) atoms. The molecule has 1 aliphatic heterocycles. The summed E-state index contributed by atoms with van der Waals surface area (Å²) in [5.41, 5.74) is 0. The summed E-state index contributed by atoms with van der Waals surface area (Å²) >= 11 is 5.75. The number of hydrogen-bond donors (Lipinski definition) is 0. The normalized spacial score (nSPS) is 25.5. The molecule has 0 N–H and O–H groups in total. The first kappa shape index (κ1) is 10.6. The van der Waals surface area contributed by atoms with E-state index in [0.29, 0.717) is 6.04 Å². The molecule has 0 amide bonds. The number of hydrogen-bond acceptors (Lipinski definition) is 4. The van der Waals surface area contributed by atoms with Crippen molar-refractivity contribution in [2.45, 2.75) is 25.5 Å². The molecule has 0 radical (unpaired) electrons. The van der Waals surface area contributed by atoms with E-state index in [0.717, 1.165) is 18.8 Å². The first-order chi connectivity index (χ1) is 7.18. The van der Waals surface area contributed by atoms with Crippen LogP contribution in [0.4, 0.5) is 5.82 Å². The molecule has 1 saturated heterocycles. The Hall–Kier alpha value is -0.870. The number of anilines is 1. The van der Waals surface area contributed by atoms with Crippen molar-refractivity contribution in [3.05, 3.63) is 17.5 Å². The Morgan fingerprint density at radius 2 is 2.40 bits per heavy atom. The topological polar surface area (TPSA) is 38.2 Å². The van der Waals surface area contributed by atoms with Gasteiger partial charge in [-0.3, -0.25) is 0 Å². The van der Waals surface area contributed by atoms with Crippen molar-refractivity contribution in [3.8, 4) is 0 Å². The van der Waals surface area contributed by atoms with Gasteiger partial charge in [0, 0.05) is 19.9 Å². The lowest BCUT2D eigenvalue weighted by molar-refractivity contribution is 0.118. The van der Waals surface area contributed by atoms with Gasteiger partial charge in [-0.25, -0.2) is 9.97 Å². The second-order valence-corrected chi connectivity index (χ2v) is 4.06. The molecule has 1 aromatic heterocycles. The summed E-state index contributed by atoms with van der Waals surface area (Å²) < 4.78 is 5.52. The van der Waals surface area contributed by atoms with Gasteiger partial charge in [-0.05, 0) is 31.0 Å². The highest BCUT2D eigenvalue weighted by atomic mass is 35.5. The highest BCUT2D eigenvalue weighted by Gasteiger charge is 2.28. The average molecular weight is 228 g/mol. The van der Waals surface area contributed by atoms with E-state index >= 15 is 0 Å². The van der Waals surface area contributed by atoms with Crippen LogP contribution in [0.2, 0.25) is 5.28 Å². The van der Waals surface area contributed by atoms with Crippen LogP contribution < -0.4 is 4.90 Å². The van der Waals surface area contributed by atoms with Gasteiger partial charge in [0.15, 0.2) is 0 Å². The second-order valence-electron chi connectivity index (χ2n) is 3.73. The van der Waals surface area contributed by atoms with E-state index in [1.807, 2.05) is 13.1 Å². The zero-order valence-corrected chi connectivity index (χ0v) is 9.61. The highest BCUT2D eigenvalue weighted by Crippen LogP contribution is 2.22. The number of nitrogens with zero attached hydrogens (tertiary/aromatic N) is 3. The molecule has 2 rings (SSSR count). The third-order valence-electron chi connectivity index (χ3n) is 2.81. The Labute approximate surface area is 94.2 Å². The molecule has 0 spiro atoms. The van der Waals surface area contributed by atoms with Crippen LogP contribution in [-0.4, -0.2) is 35.8 Å². The van der Waals surface area contributed by atoms with E-state index < -0.39 is 0 Å². The van der Waals surface area contributed by atoms with Crippen LogP contribution in [0.15, 0.2) is 12.3 Å². The molecule has 0 aliphatic carbocycles. The summed E-state index contributed by atoms with van der Waals surface area (Å²) in [5.74, 6) is 0.845. The number of aromatic nitrogens is 2. The molecule has 1 fully saturated rings. The summed E-state index contributed by atoms with van der Waals surface area (Å²) in [6.07, 6.45) is 2.93. The smallest absolute Gasteiger partial charge is 0.224 e. The predicted octanol–water partition coefficient (Wildman–Crippen LogP) is 1.74. The van der Waals surface area contributed by atoms with E-state index in [-0.39, 0.29) is 11.4 Å². The van der Waals surface area contributed by atoms with E-state index in [2.05, 4.69) is 21.8 Å². The lowest BCUT2D eigenvalue weighted by Crippen LogP contribution is -2.37. The van der Waals surface area contributed by atoms with Gasteiger partial charge >= 0.3 is 0 Å². The molecular weight excluding hydrogens is 214 g/mol. The van der Waals surface area contributed by atoms with Crippen LogP contribution in [0, 0.1) is 0 Å². The van der Waals surface area contributed by atoms with Gasteiger partial charge in [0.2, 0.25) is 5.28 Å². The number of rotatable bonds is 2. The summed E-state index contributed by atoms with van der Waals surface area (Å²) in [4.78, 5) is 10.1. The molecule has 2 atom stereocenters. The number of likely N-dealkylation sites (N-methyl/N-ethyl adjacent to an activating group) is 1. The van der Waals surface area contributed by atoms with Crippen molar-refractivity contribution >= 4 is 17.4 Å². The highest BCUT2D eigenvalue weighted by molar-refractivity contribution is 6.28. The van der Waals surface area contributed by atoms with Crippen LogP contribution in [-0.2, 0) is 4.74 Å². The SMILES string of the molecule is CC1OCCC1N(C)c1ccnc(Cl)n1. The van der Waals surface area contributed by atoms with Gasteiger partial charge in [-0.15, -0.1) is 0 Å². The molecule has 82 valence electrons. The maximum atomic E-state index is 5.75. The first-order valence-electron chi connectivity index (χ1n) is 5.01. The quantitative estimate of drug-likeness (QED) is 0.722. The summed E-state index contributed by atoms with van der Waals surface area (Å²) in [7, 11) is 2.01. The Kier molecular flexibility index (Phi) is 3.07. The van der Waals surface area contributed by atoms with Gasteiger partial charge in [0.05, 0.1) is 12.1 Å². The van der Waals surface area contributed by atoms with E-state index in [9.17, 15) is 0 Å². The minimum Gasteiger partial charge on any atom is -0.376 e. The minimum absolute atomic E-state index is 0.240. The van der Waals surface area contributed by atoms with Crippen LogP contribution in [0.1, 0.15) is 13.3 Å². The molecule has 0 saturated carbocycles. The lowest BCUT2D eigenvalue weighted by atomic mass is 10.1. The molecule has 1 aromatic rings. The van der Waals surface area contributed by atoms with Gasteiger partial charge in [0.1, 0.15) is 5.82 Å². The monoisotopic (exact) mass is 227 g/mol. The molecule has 0 bridgehead atoms. The Morgan fingerprint density at radius 3 is 3.00 bits per heavy atom. The fourth-order valence-corrected chi connectivity index (χ4v) is 2.06. The molecule has 5 heteroatoms. The van der Waals surface area contributed by atoms with Gasteiger partial charge in [-0.1, -0.05) is 0 Å². The van der Waals surface area contributed by atoms with Crippen LogP contribution in [0.25, 0.3) is 0 Å². The van der Waals surface area contributed by atoms with Crippen molar-refractivity contribution < 1.29 is 4.74 Å². The van der Waals surface area contributed by atoms with Crippen LogP contribution in [0.3, 0.4) is 0 Å². The van der Waals surface area contributed by atoms with Gasteiger partial charge in [-0.2, -0.15) is 0 Å². The maximum Gasteiger partial charge on any atom is 0.224 e. The van der Waals surface area contributed by atoms with Gasteiger partial charge in [0.25, 0.3) is 0 Å². The number of ether oxygens (including phenoxy) is 1. The average Bonchev–Trinajstić information content (AvgIpc) is 2.63. The summed E-state index contributed by atoms with van der Waals surface area (Å²) in [5, 5.41) is 0.283. The Balaban J connectivity index is 2.16. The van der Waals surface area contributed by atoms with Crippen LogP contribution >= 0.6 is 11.6 Å². The Morgan fingerprint density at radius 1 is 1.60 bits per heavy atom. The third kappa shape index (κ3) is 2.21. The summed E-state index contributed by atoms with van der Waals surface area (Å²) in [6.45, 7) is 2.89. The molecular formula is C10H14ClN3O. The van der Waals surface area contributed by atoms with Crippen molar-refractivity contribution in [3.63, 3.8) is 0 Å². The van der Waals surface area contributed by atoms with E-state index in [4.69, 9.17) is 16.3 Å². The number of halogens is 1. The molecule has 1 aliphatic rings. The molecule has 2 heterocycles.